The number of aromatic nitrogens is 3. The van der Waals surface area contributed by atoms with Crippen molar-refractivity contribution < 1.29 is 18.3 Å². The van der Waals surface area contributed by atoms with Crippen molar-refractivity contribution in [3.63, 3.8) is 0 Å². The summed E-state index contributed by atoms with van der Waals surface area (Å²) in [6.07, 6.45) is -2.19. The van der Waals surface area contributed by atoms with Crippen molar-refractivity contribution in [2.75, 3.05) is 0 Å². The molecule has 0 atom stereocenters. The number of aromatic hydroxyl groups is 1. The topological polar surface area (TPSA) is 50.4 Å². The zero-order valence-corrected chi connectivity index (χ0v) is 14.0. The van der Waals surface area contributed by atoms with Gasteiger partial charge in [-0.2, -0.15) is 18.3 Å². The summed E-state index contributed by atoms with van der Waals surface area (Å²) in [7, 11) is 0. The van der Waals surface area contributed by atoms with E-state index >= 15 is 0 Å². The molecule has 0 aliphatic carbocycles. The molecule has 0 amide bonds. The maximum absolute atomic E-state index is 13.0. The number of alkyl halides is 3. The van der Waals surface area contributed by atoms with Crippen LogP contribution >= 0.6 is 0 Å². The van der Waals surface area contributed by atoms with E-state index in [2.05, 4.69) is 10.1 Å². The zero-order chi connectivity index (χ0) is 19.0. The van der Waals surface area contributed by atoms with Gasteiger partial charge in [-0.1, -0.05) is 24.3 Å². The van der Waals surface area contributed by atoms with Crippen molar-refractivity contribution in [1.29, 1.82) is 0 Å². The summed E-state index contributed by atoms with van der Waals surface area (Å²) >= 11 is 0. The van der Waals surface area contributed by atoms with E-state index in [1.54, 1.807) is 53.2 Å². The molecule has 0 saturated heterocycles. The van der Waals surface area contributed by atoms with Gasteiger partial charge in [-0.3, -0.25) is 0 Å². The van der Waals surface area contributed by atoms with Crippen LogP contribution in [-0.4, -0.2) is 19.7 Å². The number of hydrogen-bond donors (Lipinski definition) is 1. The number of phenols is 1. The van der Waals surface area contributed by atoms with E-state index < -0.39 is 11.7 Å². The molecule has 0 aliphatic heterocycles. The van der Waals surface area contributed by atoms with Crippen LogP contribution in [0.25, 0.3) is 16.9 Å². The standard InChI is InChI=1S/C20H14F3N3O/c21-20(22,23)15-3-1-2-14(11-15)18-8-9-19-24-12-16(26(19)25-18)10-13-4-6-17(27)7-5-13/h1-9,11-12,27H,10H2. The number of rotatable bonds is 3. The van der Waals surface area contributed by atoms with Crippen LogP contribution in [0.5, 0.6) is 5.75 Å². The van der Waals surface area contributed by atoms with E-state index in [1.807, 2.05) is 0 Å². The average Bonchev–Trinajstić information content (AvgIpc) is 3.05. The van der Waals surface area contributed by atoms with E-state index in [0.717, 1.165) is 23.4 Å². The lowest BCUT2D eigenvalue weighted by Crippen LogP contribution is -2.05. The van der Waals surface area contributed by atoms with Crippen molar-refractivity contribution in [3.05, 3.63) is 83.7 Å². The number of fused-ring (bicyclic) bond motifs is 1. The molecule has 0 unspecified atom stereocenters. The molecule has 0 radical (unpaired) electrons. The summed E-state index contributed by atoms with van der Waals surface area (Å²) in [5.74, 6) is 0.182. The first-order chi connectivity index (χ1) is 12.9. The molecule has 2 aromatic heterocycles. The van der Waals surface area contributed by atoms with Crippen LogP contribution in [-0.2, 0) is 12.6 Å². The van der Waals surface area contributed by atoms with Crippen LogP contribution in [0.2, 0.25) is 0 Å². The lowest BCUT2D eigenvalue weighted by molar-refractivity contribution is -0.137. The minimum Gasteiger partial charge on any atom is -0.508 e. The van der Waals surface area contributed by atoms with Crippen molar-refractivity contribution in [2.45, 2.75) is 12.6 Å². The van der Waals surface area contributed by atoms with Gasteiger partial charge in [0.1, 0.15) is 5.75 Å². The second-order valence-corrected chi connectivity index (χ2v) is 6.16. The van der Waals surface area contributed by atoms with Gasteiger partial charge in [-0.05, 0) is 42.0 Å². The predicted molar refractivity (Wildman–Crippen MR) is 94.3 cm³/mol. The molecule has 136 valence electrons. The van der Waals surface area contributed by atoms with E-state index in [9.17, 15) is 18.3 Å². The van der Waals surface area contributed by atoms with E-state index in [-0.39, 0.29) is 5.75 Å². The Morgan fingerprint density at radius 2 is 1.74 bits per heavy atom. The van der Waals surface area contributed by atoms with Gasteiger partial charge in [0.25, 0.3) is 0 Å². The first-order valence-electron chi connectivity index (χ1n) is 8.19. The Labute approximate surface area is 152 Å². The Balaban J connectivity index is 1.73. The lowest BCUT2D eigenvalue weighted by Gasteiger charge is -2.09. The number of benzene rings is 2. The van der Waals surface area contributed by atoms with Gasteiger partial charge >= 0.3 is 6.18 Å². The van der Waals surface area contributed by atoms with Gasteiger partial charge in [0.05, 0.1) is 23.1 Å². The highest BCUT2D eigenvalue weighted by Crippen LogP contribution is 2.31. The molecule has 0 saturated carbocycles. The van der Waals surface area contributed by atoms with Crippen molar-refractivity contribution in [1.82, 2.24) is 14.6 Å². The number of nitrogens with zero attached hydrogens (tertiary/aromatic N) is 3. The van der Waals surface area contributed by atoms with Crippen LogP contribution in [0, 0.1) is 0 Å². The molecule has 4 rings (SSSR count). The first-order valence-corrected chi connectivity index (χ1v) is 8.19. The van der Waals surface area contributed by atoms with Gasteiger partial charge in [0.15, 0.2) is 5.65 Å². The third-order valence-corrected chi connectivity index (χ3v) is 4.24. The molecule has 0 aliphatic rings. The van der Waals surface area contributed by atoms with Gasteiger partial charge in [-0.25, -0.2) is 9.50 Å². The molecule has 0 bridgehead atoms. The van der Waals surface area contributed by atoms with Crippen LogP contribution < -0.4 is 0 Å². The van der Waals surface area contributed by atoms with Crippen LogP contribution in [0.1, 0.15) is 16.8 Å². The fraction of sp³-hybridized carbons (Fsp3) is 0.100. The molecule has 4 aromatic rings. The molecule has 4 nitrogen and oxygen atoms in total. The first kappa shape index (κ1) is 17.1. The highest BCUT2D eigenvalue weighted by atomic mass is 19.4. The van der Waals surface area contributed by atoms with Crippen molar-refractivity contribution >= 4 is 5.65 Å². The fourth-order valence-corrected chi connectivity index (χ4v) is 2.87. The second-order valence-electron chi connectivity index (χ2n) is 6.16. The van der Waals surface area contributed by atoms with Crippen molar-refractivity contribution in [2.24, 2.45) is 0 Å². The minimum absolute atomic E-state index is 0.182. The highest BCUT2D eigenvalue weighted by Gasteiger charge is 2.30. The van der Waals surface area contributed by atoms with E-state index in [0.29, 0.717) is 23.3 Å². The van der Waals surface area contributed by atoms with Crippen LogP contribution in [0.4, 0.5) is 13.2 Å². The molecule has 27 heavy (non-hydrogen) atoms. The Bertz CT molecular complexity index is 1100. The minimum atomic E-state index is -4.40. The van der Waals surface area contributed by atoms with Gasteiger partial charge < -0.3 is 5.11 Å². The summed E-state index contributed by atoms with van der Waals surface area (Å²) < 4.78 is 40.5. The Morgan fingerprint density at radius 3 is 2.48 bits per heavy atom. The van der Waals surface area contributed by atoms with Crippen LogP contribution in [0.15, 0.2) is 66.9 Å². The Morgan fingerprint density at radius 1 is 0.963 bits per heavy atom. The molecular weight excluding hydrogens is 355 g/mol. The van der Waals surface area contributed by atoms with Gasteiger partial charge in [-0.15, -0.1) is 0 Å². The number of imidazole rings is 1. The smallest absolute Gasteiger partial charge is 0.416 e. The second kappa shape index (κ2) is 6.42. The lowest BCUT2D eigenvalue weighted by atomic mass is 10.1. The maximum Gasteiger partial charge on any atom is 0.416 e. The Kier molecular flexibility index (Phi) is 4.07. The average molecular weight is 369 g/mol. The van der Waals surface area contributed by atoms with Gasteiger partial charge in [0.2, 0.25) is 0 Å². The summed E-state index contributed by atoms with van der Waals surface area (Å²) in [6.45, 7) is 0. The molecule has 2 heterocycles. The largest absolute Gasteiger partial charge is 0.508 e. The summed E-state index contributed by atoms with van der Waals surface area (Å²) in [6, 6.07) is 15.3. The monoisotopic (exact) mass is 369 g/mol. The fourth-order valence-electron chi connectivity index (χ4n) is 2.87. The molecule has 0 fully saturated rings. The van der Waals surface area contributed by atoms with E-state index in [1.165, 1.54) is 6.07 Å². The molecule has 2 aromatic carbocycles. The van der Waals surface area contributed by atoms with Crippen LogP contribution in [0.3, 0.4) is 0 Å². The molecule has 7 heteroatoms. The Hall–Kier alpha value is -3.35. The SMILES string of the molecule is Oc1ccc(Cc2cnc3ccc(-c4cccc(C(F)(F)F)c4)nn23)cc1. The third kappa shape index (κ3) is 3.48. The third-order valence-electron chi connectivity index (χ3n) is 4.24. The van der Waals surface area contributed by atoms with E-state index in [4.69, 9.17) is 0 Å². The summed E-state index contributed by atoms with van der Waals surface area (Å²) in [4.78, 5) is 4.30. The summed E-state index contributed by atoms with van der Waals surface area (Å²) in [5.41, 5.74) is 2.47. The van der Waals surface area contributed by atoms with Gasteiger partial charge in [0, 0.05) is 12.0 Å². The highest BCUT2D eigenvalue weighted by molar-refractivity contribution is 5.61. The maximum atomic E-state index is 13.0. The number of hydrogen-bond acceptors (Lipinski definition) is 3. The molecule has 0 spiro atoms. The summed E-state index contributed by atoms with van der Waals surface area (Å²) in [5, 5.41) is 13.9. The molecule has 1 N–H and O–H groups in total. The number of halogens is 3. The predicted octanol–water partition coefficient (Wildman–Crippen LogP) is 4.71. The normalized spacial score (nSPS) is 11.8. The quantitative estimate of drug-likeness (QED) is 0.569. The van der Waals surface area contributed by atoms with Crippen molar-refractivity contribution in [3.8, 4) is 17.0 Å². The zero-order valence-electron chi connectivity index (χ0n) is 14.0. The number of phenolic OH excluding ortho intramolecular Hbond substituents is 1. The molecular formula is C20H14F3N3O.